The Kier molecular flexibility index (Phi) is 10.5. The van der Waals surface area contributed by atoms with Gasteiger partial charge in [-0.2, -0.15) is 0 Å². The molecule has 4 heterocycles. The summed E-state index contributed by atoms with van der Waals surface area (Å²) in [7, 11) is -0.867. The second kappa shape index (κ2) is 14.2. The SMILES string of the molecule is CO[C@@H]1[C@@H](n2cc(-c3cc(F)c(F)c(F)c3)nn2)[C@H]2OC(C)(C)OC[C@H]2O[C@H]1C(=O)N(c1cccc(Cl)c1)[C@H]1COC[C@@H]1O[Si](C)(C)C(C)(C)C. The van der Waals surface area contributed by atoms with Gasteiger partial charge >= 0.3 is 0 Å². The van der Waals surface area contributed by atoms with Gasteiger partial charge in [-0.05, 0) is 62.3 Å². The number of fused-ring (bicyclic) bond motifs is 1. The first-order chi connectivity index (χ1) is 23.9. The quantitative estimate of drug-likeness (QED) is 0.193. The lowest BCUT2D eigenvalue weighted by molar-refractivity contribution is -0.346. The number of rotatable bonds is 8. The number of ether oxygens (including phenoxy) is 5. The number of nitrogens with zero attached hydrogens (tertiary/aromatic N) is 4. The summed E-state index contributed by atoms with van der Waals surface area (Å²) in [5, 5.41) is 8.76. The summed E-state index contributed by atoms with van der Waals surface area (Å²) in [5.41, 5.74) is 0.552. The Morgan fingerprint density at radius 1 is 1.10 bits per heavy atom. The first-order valence-corrected chi connectivity index (χ1v) is 20.1. The van der Waals surface area contributed by atoms with E-state index >= 15 is 4.79 Å². The molecule has 0 bridgehead atoms. The van der Waals surface area contributed by atoms with Crippen molar-refractivity contribution >= 4 is 31.5 Å². The molecule has 0 spiro atoms. The van der Waals surface area contributed by atoms with Crippen LogP contribution in [0.15, 0.2) is 42.6 Å². The fourth-order valence-electron chi connectivity index (χ4n) is 6.55. The Morgan fingerprint density at radius 3 is 2.45 bits per heavy atom. The van der Waals surface area contributed by atoms with Crippen LogP contribution in [0.5, 0.6) is 0 Å². The summed E-state index contributed by atoms with van der Waals surface area (Å²) >= 11 is 6.48. The van der Waals surface area contributed by atoms with Crippen LogP contribution < -0.4 is 4.90 Å². The van der Waals surface area contributed by atoms with E-state index in [1.807, 2.05) is 0 Å². The molecule has 0 saturated carbocycles. The number of methoxy groups -OCH3 is 1. The highest BCUT2D eigenvalue weighted by atomic mass is 35.5. The van der Waals surface area contributed by atoms with Gasteiger partial charge in [-0.1, -0.05) is 43.7 Å². The van der Waals surface area contributed by atoms with Gasteiger partial charge in [0.15, 0.2) is 37.7 Å². The molecule has 3 aromatic rings. The van der Waals surface area contributed by atoms with Crippen LogP contribution in [-0.4, -0.2) is 98.5 Å². The van der Waals surface area contributed by atoms with Crippen molar-refractivity contribution in [2.45, 2.75) is 101 Å². The molecule has 278 valence electrons. The molecule has 0 N–H and O–H groups in total. The molecule has 3 saturated heterocycles. The van der Waals surface area contributed by atoms with Crippen LogP contribution in [0.3, 0.4) is 0 Å². The Hall–Kier alpha value is -2.89. The monoisotopic (exact) mass is 752 g/mol. The number of benzene rings is 2. The van der Waals surface area contributed by atoms with Gasteiger partial charge in [0, 0.05) is 23.4 Å². The van der Waals surface area contributed by atoms with Crippen molar-refractivity contribution < 1.29 is 46.1 Å². The summed E-state index contributed by atoms with van der Waals surface area (Å²) in [6, 6.07) is 7.25. The Bertz CT molecular complexity index is 1730. The number of amides is 1. The molecule has 3 aliphatic heterocycles. The van der Waals surface area contributed by atoms with Gasteiger partial charge < -0.3 is 33.0 Å². The maximum atomic E-state index is 15.1. The van der Waals surface area contributed by atoms with Crippen molar-refractivity contribution in [1.29, 1.82) is 0 Å². The zero-order valence-corrected chi connectivity index (χ0v) is 31.6. The topological polar surface area (TPSA) is 106 Å². The minimum absolute atomic E-state index is 0.0304. The molecule has 16 heteroatoms. The van der Waals surface area contributed by atoms with Gasteiger partial charge in [-0.3, -0.25) is 4.79 Å². The molecule has 3 aliphatic rings. The maximum absolute atomic E-state index is 15.1. The lowest BCUT2D eigenvalue weighted by Crippen LogP contribution is -2.66. The third-order valence-electron chi connectivity index (χ3n) is 10.2. The number of carbonyl (C=O) groups is 1. The van der Waals surface area contributed by atoms with Crippen molar-refractivity contribution in [3.05, 3.63) is 65.1 Å². The highest BCUT2D eigenvalue weighted by Crippen LogP contribution is 2.42. The smallest absolute Gasteiger partial charge is 0.259 e. The average Bonchev–Trinajstić information content (AvgIpc) is 3.72. The molecule has 6 rings (SSSR count). The van der Waals surface area contributed by atoms with Gasteiger partial charge in [0.2, 0.25) is 0 Å². The standard InChI is InChI=1S/C35H44ClF3N4O7Si/c1-34(2,3)51(7,8)50-26-17-46-16-25(26)43(21-11-9-10-20(36)14-21)33(44)32-31(45-6)29(30-27(48-32)18-47-35(4,5)49-30)42-15-24(40-41-42)19-12-22(37)28(39)23(38)13-19/h9-15,25-27,29-32H,16-18H2,1-8H3/t25-,26-,27+,29-,30-,31+,32+/m0/s1. The highest BCUT2D eigenvalue weighted by molar-refractivity contribution is 6.74. The van der Waals surface area contributed by atoms with E-state index in [4.69, 9.17) is 39.7 Å². The van der Waals surface area contributed by atoms with E-state index in [2.05, 4.69) is 44.2 Å². The van der Waals surface area contributed by atoms with Crippen LogP contribution in [-0.2, 0) is 32.9 Å². The van der Waals surface area contributed by atoms with Crippen molar-refractivity contribution in [2.24, 2.45) is 0 Å². The third kappa shape index (κ3) is 7.49. The molecule has 51 heavy (non-hydrogen) atoms. The first kappa shape index (κ1) is 37.9. The molecular formula is C35H44ClF3N4O7Si. The van der Waals surface area contributed by atoms with Crippen LogP contribution in [0.25, 0.3) is 11.3 Å². The average molecular weight is 753 g/mol. The van der Waals surface area contributed by atoms with Gasteiger partial charge in [-0.15, -0.1) is 5.10 Å². The molecule has 7 atom stereocenters. The largest absolute Gasteiger partial charge is 0.409 e. The number of aromatic nitrogens is 3. The van der Waals surface area contributed by atoms with E-state index in [0.29, 0.717) is 10.7 Å². The predicted molar refractivity (Wildman–Crippen MR) is 184 cm³/mol. The lowest BCUT2D eigenvalue weighted by atomic mass is 9.90. The predicted octanol–water partition coefficient (Wildman–Crippen LogP) is 6.31. The zero-order valence-electron chi connectivity index (χ0n) is 29.9. The third-order valence-corrected chi connectivity index (χ3v) is 14.9. The fourth-order valence-corrected chi connectivity index (χ4v) is 8.07. The van der Waals surface area contributed by atoms with Crippen LogP contribution in [0.2, 0.25) is 23.2 Å². The van der Waals surface area contributed by atoms with E-state index in [1.165, 1.54) is 18.0 Å². The normalized spacial score (nSPS) is 28.0. The van der Waals surface area contributed by atoms with E-state index < -0.39 is 80.1 Å². The highest BCUT2D eigenvalue weighted by Gasteiger charge is 2.56. The Balaban J connectivity index is 1.41. The number of halogens is 4. The molecular weight excluding hydrogens is 709 g/mol. The van der Waals surface area contributed by atoms with Crippen molar-refractivity contribution in [3.63, 3.8) is 0 Å². The molecule has 2 aromatic carbocycles. The summed E-state index contributed by atoms with van der Waals surface area (Å²) in [6.07, 6.45) is -2.79. The number of carbonyl (C=O) groups excluding carboxylic acids is 1. The number of hydrogen-bond acceptors (Lipinski definition) is 9. The summed E-state index contributed by atoms with van der Waals surface area (Å²) < 4.78 is 81.3. The molecule has 1 amide bonds. The first-order valence-electron chi connectivity index (χ1n) is 16.8. The number of anilines is 1. The maximum Gasteiger partial charge on any atom is 0.259 e. The Morgan fingerprint density at radius 2 is 1.80 bits per heavy atom. The summed E-state index contributed by atoms with van der Waals surface area (Å²) in [6.45, 7) is 14.8. The van der Waals surface area contributed by atoms with Gasteiger partial charge in [0.25, 0.3) is 5.91 Å². The molecule has 0 unspecified atom stereocenters. The van der Waals surface area contributed by atoms with Gasteiger partial charge in [0.1, 0.15) is 30.0 Å². The molecule has 1 aromatic heterocycles. The van der Waals surface area contributed by atoms with Crippen molar-refractivity contribution in [1.82, 2.24) is 15.0 Å². The lowest BCUT2D eigenvalue weighted by Gasteiger charge is -2.51. The molecule has 3 fully saturated rings. The van der Waals surface area contributed by atoms with Crippen LogP contribution in [0.1, 0.15) is 40.7 Å². The van der Waals surface area contributed by atoms with Crippen molar-refractivity contribution in [3.8, 4) is 11.3 Å². The van der Waals surface area contributed by atoms with Crippen LogP contribution in [0.4, 0.5) is 18.9 Å². The minimum Gasteiger partial charge on any atom is -0.409 e. The van der Waals surface area contributed by atoms with Crippen LogP contribution >= 0.6 is 11.6 Å². The summed E-state index contributed by atoms with van der Waals surface area (Å²) in [5.74, 6) is -5.81. The zero-order chi connectivity index (χ0) is 37.0. The molecule has 0 radical (unpaired) electrons. The number of hydrogen-bond donors (Lipinski definition) is 0. The Labute approximate surface area is 301 Å². The van der Waals surface area contributed by atoms with E-state index in [-0.39, 0.29) is 36.1 Å². The van der Waals surface area contributed by atoms with E-state index in [1.54, 1.807) is 43.0 Å². The fraction of sp³-hybridized carbons (Fsp3) is 0.571. The van der Waals surface area contributed by atoms with E-state index in [0.717, 1.165) is 12.1 Å². The minimum atomic E-state index is -2.31. The second-order valence-electron chi connectivity index (χ2n) is 15.1. The molecule has 0 aliphatic carbocycles. The summed E-state index contributed by atoms with van der Waals surface area (Å²) in [4.78, 5) is 16.7. The van der Waals surface area contributed by atoms with Gasteiger partial charge in [-0.25, -0.2) is 17.9 Å². The van der Waals surface area contributed by atoms with E-state index in [9.17, 15) is 13.2 Å². The molecule has 11 nitrogen and oxygen atoms in total. The second-order valence-corrected chi connectivity index (χ2v) is 20.3. The van der Waals surface area contributed by atoms with Crippen LogP contribution in [0, 0.1) is 17.5 Å². The van der Waals surface area contributed by atoms with Gasteiger partial charge in [0.05, 0.1) is 38.2 Å². The van der Waals surface area contributed by atoms with Crippen molar-refractivity contribution in [2.75, 3.05) is 31.8 Å².